The molecule has 0 spiro atoms. The second kappa shape index (κ2) is 10.0. The molecule has 0 radical (unpaired) electrons. The summed E-state index contributed by atoms with van der Waals surface area (Å²) in [4.78, 5) is 0. The molecule has 0 saturated carbocycles. The van der Waals surface area contributed by atoms with Gasteiger partial charge in [-0.05, 0) is 27.7 Å². The van der Waals surface area contributed by atoms with Gasteiger partial charge in [-0.2, -0.15) is 0 Å². The van der Waals surface area contributed by atoms with E-state index in [4.69, 9.17) is 18.9 Å². The third kappa shape index (κ3) is 9.09. The van der Waals surface area contributed by atoms with Crippen LogP contribution in [0, 0.1) is 0 Å². The summed E-state index contributed by atoms with van der Waals surface area (Å²) in [5, 5.41) is 0. The molecule has 0 saturated heterocycles. The zero-order valence-electron chi connectivity index (χ0n) is 11.2. The molecule has 0 aromatic rings. The van der Waals surface area contributed by atoms with Gasteiger partial charge in [0.2, 0.25) is 0 Å². The van der Waals surface area contributed by atoms with Crippen LogP contribution in [0.2, 0.25) is 0 Å². The van der Waals surface area contributed by atoms with Crippen molar-refractivity contribution in [3.05, 3.63) is 0 Å². The van der Waals surface area contributed by atoms with Crippen molar-refractivity contribution >= 4 is 0 Å². The van der Waals surface area contributed by atoms with Gasteiger partial charge in [0.25, 0.3) is 0 Å². The summed E-state index contributed by atoms with van der Waals surface area (Å²) in [6, 6.07) is 0. The molecular weight excluding hydrogens is 208 g/mol. The molecule has 0 N–H and O–H groups in total. The Morgan fingerprint density at radius 2 is 1.19 bits per heavy atom. The molecule has 0 bridgehead atoms. The first-order valence-corrected chi connectivity index (χ1v) is 5.93. The fourth-order valence-electron chi connectivity index (χ4n) is 1.26. The Morgan fingerprint density at radius 1 is 0.750 bits per heavy atom. The molecule has 0 fully saturated rings. The Balaban J connectivity index is 3.46. The van der Waals surface area contributed by atoms with E-state index >= 15 is 0 Å². The molecule has 0 aromatic heterocycles. The second-order valence-corrected chi connectivity index (χ2v) is 4.01. The monoisotopic (exact) mass is 234 g/mol. The van der Waals surface area contributed by atoms with E-state index in [1.54, 1.807) is 7.11 Å². The fraction of sp³-hybridized carbons (Fsp3) is 1.00. The average molecular weight is 234 g/mol. The second-order valence-electron chi connectivity index (χ2n) is 4.01. The third-order valence-corrected chi connectivity index (χ3v) is 2.08. The van der Waals surface area contributed by atoms with Gasteiger partial charge in [-0.1, -0.05) is 0 Å². The molecule has 0 aliphatic heterocycles. The summed E-state index contributed by atoms with van der Waals surface area (Å²) in [6.07, 6.45) is 0.339. The summed E-state index contributed by atoms with van der Waals surface area (Å²) >= 11 is 0. The topological polar surface area (TPSA) is 36.9 Å². The Hall–Kier alpha value is -0.160. The van der Waals surface area contributed by atoms with Crippen LogP contribution in [0.3, 0.4) is 0 Å². The van der Waals surface area contributed by atoms with Crippen molar-refractivity contribution in [3.63, 3.8) is 0 Å². The van der Waals surface area contributed by atoms with E-state index in [2.05, 4.69) is 0 Å². The minimum absolute atomic E-state index is 0.0854. The van der Waals surface area contributed by atoms with Gasteiger partial charge in [-0.25, -0.2) is 0 Å². The normalized spacial score (nSPS) is 17.1. The zero-order valence-corrected chi connectivity index (χ0v) is 11.2. The number of hydrogen-bond acceptors (Lipinski definition) is 4. The van der Waals surface area contributed by atoms with E-state index < -0.39 is 0 Å². The third-order valence-electron chi connectivity index (χ3n) is 2.08. The summed E-state index contributed by atoms with van der Waals surface area (Å²) in [5.74, 6) is 0. The maximum Gasteiger partial charge on any atom is 0.0781 e. The Labute approximate surface area is 99.2 Å². The van der Waals surface area contributed by atoms with Crippen molar-refractivity contribution in [2.75, 3.05) is 33.5 Å². The van der Waals surface area contributed by atoms with Crippen LogP contribution in [-0.2, 0) is 18.9 Å². The van der Waals surface area contributed by atoms with Gasteiger partial charge in [0, 0.05) is 13.7 Å². The van der Waals surface area contributed by atoms with Gasteiger partial charge in [0.1, 0.15) is 0 Å². The first kappa shape index (κ1) is 15.8. The molecule has 0 aliphatic rings. The molecule has 0 rings (SSSR count). The smallest absolute Gasteiger partial charge is 0.0781 e. The highest BCUT2D eigenvalue weighted by Crippen LogP contribution is 2.00. The van der Waals surface area contributed by atoms with Crippen molar-refractivity contribution in [1.29, 1.82) is 0 Å². The number of methoxy groups -OCH3 is 1. The van der Waals surface area contributed by atoms with E-state index in [0.29, 0.717) is 19.8 Å². The summed E-state index contributed by atoms with van der Waals surface area (Å²) in [6.45, 7) is 10.5. The standard InChI is InChI=1S/C12H26O4/c1-6-14-11(3)8-16-12(4)9-15-10(2)7-13-5/h10-12H,6-9H2,1-5H3. The van der Waals surface area contributed by atoms with E-state index in [9.17, 15) is 0 Å². The molecule has 0 amide bonds. The fourth-order valence-corrected chi connectivity index (χ4v) is 1.26. The predicted molar refractivity (Wildman–Crippen MR) is 63.8 cm³/mol. The molecule has 0 heterocycles. The van der Waals surface area contributed by atoms with Crippen molar-refractivity contribution in [2.45, 2.75) is 46.0 Å². The zero-order chi connectivity index (χ0) is 12.4. The highest BCUT2D eigenvalue weighted by atomic mass is 16.6. The van der Waals surface area contributed by atoms with Crippen molar-refractivity contribution in [3.8, 4) is 0 Å². The molecule has 16 heavy (non-hydrogen) atoms. The predicted octanol–water partition coefficient (Wildman–Crippen LogP) is 1.87. The molecule has 0 aromatic carbocycles. The van der Waals surface area contributed by atoms with Crippen molar-refractivity contribution in [2.24, 2.45) is 0 Å². The minimum Gasteiger partial charge on any atom is -0.382 e. The molecule has 4 heteroatoms. The number of rotatable bonds is 10. The van der Waals surface area contributed by atoms with Crippen LogP contribution in [0.1, 0.15) is 27.7 Å². The lowest BCUT2D eigenvalue weighted by Crippen LogP contribution is -2.26. The highest BCUT2D eigenvalue weighted by molar-refractivity contribution is 4.54. The Kier molecular flexibility index (Phi) is 9.92. The van der Waals surface area contributed by atoms with Crippen LogP contribution in [0.25, 0.3) is 0 Å². The molecule has 4 nitrogen and oxygen atoms in total. The maximum atomic E-state index is 5.59. The molecule has 0 aliphatic carbocycles. The summed E-state index contributed by atoms with van der Waals surface area (Å²) in [5.41, 5.74) is 0. The average Bonchev–Trinajstić information content (AvgIpc) is 2.24. The Bertz CT molecular complexity index is 136. The largest absolute Gasteiger partial charge is 0.382 e. The van der Waals surface area contributed by atoms with Crippen molar-refractivity contribution in [1.82, 2.24) is 0 Å². The van der Waals surface area contributed by atoms with Gasteiger partial charge in [0.05, 0.1) is 38.1 Å². The van der Waals surface area contributed by atoms with Crippen LogP contribution in [0.15, 0.2) is 0 Å². The lowest BCUT2D eigenvalue weighted by atomic mass is 10.4. The highest BCUT2D eigenvalue weighted by Gasteiger charge is 2.09. The van der Waals surface area contributed by atoms with Gasteiger partial charge >= 0.3 is 0 Å². The minimum atomic E-state index is 0.0854. The molecule has 3 atom stereocenters. The van der Waals surface area contributed by atoms with Gasteiger partial charge in [0.15, 0.2) is 0 Å². The lowest BCUT2D eigenvalue weighted by Gasteiger charge is -2.19. The molecule has 98 valence electrons. The van der Waals surface area contributed by atoms with Crippen molar-refractivity contribution < 1.29 is 18.9 Å². The van der Waals surface area contributed by atoms with Gasteiger partial charge in [-0.3, -0.25) is 0 Å². The van der Waals surface area contributed by atoms with Crippen LogP contribution >= 0.6 is 0 Å². The lowest BCUT2D eigenvalue weighted by molar-refractivity contribution is -0.0756. The SMILES string of the molecule is CCOC(C)COC(C)COC(C)COC. The first-order valence-electron chi connectivity index (χ1n) is 5.93. The summed E-state index contributed by atoms with van der Waals surface area (Å²) in [7, 11) is 1.67. The summed E-state index contributed by atoms with van der Waals surface area (Å²) < 4.78 is 21.5. The van der Waals surface area contributed by atoms with E-state index in [0.717, 1.165) is 6.61 Å². The van der Waals surface area contributed by atoms with Crippen LogP contribution in [-0.4, -0.2) is 51.8 Å². The van der Waals surface area contributed by atoms with Crippen LogP contribution in [0.5, 0.6) is 0 Å². The quantitative estimate of drug-likeness (QED) is 0.578. The van der Waals surface area contributed by atoms with E-state index in [-0.39, 0.29) is 18.3 Å². The number of ether oxygens (including phenoxy) is 4. The number of hydrogen-bond donors (Lipinski definition) is 0. The van der Waals surface area contributed by atoms with Crippen LogP contribution in [0.4, 0.5) is 0 Å². The Morgan fingerprint density at radius 3 is 1.62 bits per heavy atom. The van der Waals surface area contributed by atoms with Crippen LogP contribution < -0.4 is 0 Å². The van der Waals surface area contributed by atoms with Gasteiger partial charge < -0.3 is 18.9 Å². The van der Waals surface area contributed by atoms with E-state index in [1.807, 2.05) is 27.7 Å². The molecular formula is C12H26O4. The van der Waals surface area contributed by atoms with Gasteiger partial charge in [-0.15, -0.1) is 0 Å². The maximum absolute atomic E-state index is 5.59. The van der Waals surface area contributed by atoms with E-state index in [1.165, 1.54) is 0 Å². The molecule has 3 unspecified atom stereocenters. The first-order chi connectivity index (χ1) is 7.60.